The molecule has 0 radical (unpaired) electrons. The van der Waals surface area contributed by atoms with E-state index in [9.17, 15) is 0 Å². The molecule has 2 rings (SSSR count). The predicted molar refractivity (Wildman–Crippen MR) is 65.1 cm³/mol. The normalized spacial score (nSPS) is 26.4. The first-order valence-electron chi connectivity index (χ1n) is 6.29. The molecule has 2 heterocycles. The number of hydrogen-bond donors (Lipinski definition) is 1. The molecule has 1 aromatic rings. The smallest absolute Gasteiger partial charge is 0.0812 e. The lowest BCUT2D eigenvalue weighted by molar-refractivity contribution is 0.243. The summed E-state index contributed by atoms with van der Waals surface area (Å²) < 4.78 is 1.98. The van der Waals surface area contributed by atoms with Crippen LogP contribution in [0.5, 0.6) is 0 Å². The van der Waals surface area contributed by atoms with Crippen LogP contribution < -0.4 is 5.73 Å². The summed E-state index contributed by atoms with van der Waals surface area (Å²) in [6, 6.07) is 2.68. The number of nitrogens with two attached hydrogens (primary N) is 1. The lowest BCUT2D eigenvalue weighted by atomic mass is 10.1. The lowest BCUT2D eigenvalue weighted by Crippen LogP contribution is -2.32. The van der Waals surface area contributed by atoms with Crippen molar-refractivity contribution in [2.75, 3.05) is 13.1 Å². The summed E-state index contributed by atoms with van der Waals surface area (Å²) in [7, 11) is 0. The van der Waals surface area contributed by atoms with Gasteiger partial charge in [0.05, 0.1) is 11.7 Å². The molecule has 1 aliphatic rings. The third-order valence-electron chi connectivity index (χ3n) is 3.35. The minimum Gasteiger partial charge on any atom is -0.326 e. The van der Waals surface area contributed by atoms with Gasteiger partial charge >= 0.3 is 0 Å². The molecule has 2 atom stereocenters. The first-order valence-corrected chi connectivity index (χ1v) is 6.29. The van der Waals surface area contributed by atoms with Gasteiger partial charge in [0.1, 0.15) is 0 Å². The highest BCUT2D eigenvalue weighted by molar-refractivity contribution is 5.11. The Morgan fingerprint density at radius 2 is 2.31 bits per heavy atom. The van der Waals surface area contributed by atoms with Crippen molar-refractivity contribution in [1.82, 2.24) is 14.7 Å². The maximum absolute atomic E-state index is 6.19. The second kappa shape index (κ2) is 4.97. The summed E-state index contributed by atoms with van der Waals surface area (Å²) >= 11 is 0. The Labute approximate surface area is 97.4 Å². The summed E-state index contributed by atoms with van der Waals surface area (Å²) in [5.41, 5.74) is 7.33. The fourth-order valence-corrected chi connectivity index (χ4v) is 2.54. The zero-order chi connectivity index (χ0) is 11.5. The highest BCUT2D eigenvalue weighted by atomic mass is 15.3. The average Bonchev–Trinajstić information content (AvgIpc) is 2.86. The summed E-state index contributed by atoms with van der Waals surface area (Å²) in [4.78, 5) is 2.47. The average molecular weight is 222 g/mol. The molecule has 0 aromatic carbocycles. The minimum absolute atomic E-state index is 0.242. The van der Waals surface area contributed by atoms with E-state index in [0.29, 0.717) is 6.04 Å². The molecular weight excluding hydrogens is 200 g/mol. The Morgan fingerprint density at radius 1 is 1.50 bits per heavy atom. The molecule has 1 fully saturated rings. The number of aryl methyl sites for hydroxylation is 1. The van der Waals surface area contributed by atoms with Gasteiger partial charge in [-0.3, -0.25) is 9.58 Å². The van der Waals surface area contributed by atoms with Crippen LogP contribution in [0, 0.1) is 0 Å². The van der Waals surface area contributed by atoms with E-state index < -0.39 is 0 Å². The van der Waals surface area contributed by atoms with Crippen molar-refractivity contribution in [3.05, 3.63) is 18.0 Å². The summed E-state index contributed by atoms with van der Waals surface area (Å²) in [5, 5.41) is 4.59. The van der Waals surface area contributed by atoms with Crippen LogP contribution in [-0.4, -0.2) is 33.8 Å². The number of aromatic nitrogens is 2. The quantitative estimate of drug-likeness (QED) is 0.837. The first-order chi connectivity index (χ1) is 7.76. The van der Waals surface area contributed by atoms with Crippen LogP contribution in [0.15, 0.2) is 12.3 Å². The van der Waals surface area contributed by atoms with Crippen molar-refractivity contribution < 1.29 is 0 Å². The van der Waals surface area contributed by atoms with E-state index in [2.05, 4.69) is 29.9 Å². The third kappa shape index (κ3) is 2.13. The molecule has 0 bridgehead atoms. The van der Waals surface area contributed by atoms with Crippen molar-refractivity contribution in [3.63, 3.8) is 0 Å². The van der Waals surface area contributed by atoms with Crippen LogP contribution in [0.4, 0.5) is 0 Å². The summed E-state index contributed by atoms with van der Waals surface area (Å²) in [6.45, 7) is 7.48. The van der Waals surface area contributed by atoms with Crippen molar-refractivity contribution in [2.24, 2.45) is 5.73 Å². The Hall–Kier alpha value is -0.870. The molecule has 4 heteroatoms. The van der Waals surface area contributed by atoms with E-state index in [1.807, 2.05) is 10.9 Å². The molecule has 2 N–H and O–H groups in total. The van der Waals surface area contributed by atoms with Gasteiger partial charge in [-0.1, -0.05) is 6.92 Å². The molecule has 0 aliphatic carbocycles. The van der Waals surface area contributed by atoms with Crippen molar-refractivity contribution in [2.45, 2.75) is 45.3 Å². The molecule has 4 nitrogen and oxygen atoms in total. The van der Waals surface area contributed by atoms with Crippen molar-refractivity contribution in [1.29, 1.82) is 0 Å². The second-order valence-corrected chi connectivity index (χ2v) is 4.53. The molecule has 1 aromatic heterocycles. The molecule has 90 valence electrons. The van der Waals surface area contributed by atoms with E-state index in [4.69, 9.17) is 5.73 Å². The van der Waals surface area contributed by atoms with Crippen LogP contribution in [0.3, 0.4) is 0 Å². The Bertz CT molecular complexity index is 332. The van der Waals surface area contributed by atoms with E-state index in [1.165, 1.54) is 6.42 Å². The number of likely N-dealkylation sites (tertiary alicyclic amines) is 1. The van der Waals surface area contributed by atoms with Crippen LogP contribution in [0.1, 0.15) is 38.4 Å². The van der Waals surface area contributed by atoms with Crippen molar-refractivity contribution >= 4 is 0 Å². The van der Waals surface area contributed by atoms with Crippen LogP contribution >= 0.6 is 0 Å². The topological polar surface area (TPSA) is 47.1 Å². The van der Waals surface area contributed by atoms with Gasteiger partial charge in [0.2, 0.25) is 0 Å². The van der Waals surface area contributed by atoms with Gasteiger partial charge in [0.25, 0.3) is 0 Å². The number of hydrogen-bond acceptors (Lipinski definition) is 3. The van der Waals surface area contributed by atoms with Gasteiger partial charge in [-0.2, -0.15) is 5.10 Å². The van der Waals surface area contributed by atoms with Crippen molar-refractivity contribution in [3.8, 4) is 0 Å². The molecule has 0 amide bonds. The molecule has 0 saturated carbocycles. The maximum atomic E-state index is 6.19. The monoisotopic (exact) mass is 222 g/mol. The Balaban J connectivity index is 2.15. The van der Waals surface area contributed by atoms with E-state index in [-0.39, 0.29) is 6.04 Å². The highest BCUT2D eigenvalue weighted by Gasteiger charge is 2.33. The lowest BCUT2D eigenvalue weighted by Gasteiger charge is -2.24. The van der Waals surface area contributed by atoms with Crippen LogP contribution in [0.25, 0.3) is 0 Å². The summed E-state index contributed by atoms with van der Waals surface area (Å²) in [6.07, 6.45) is 4.31. The molecule has 1 saturated heterocycles. The molecule has 16 heavy (non-hydrogen) atoms. The predicted octanol–water partition coefficient (Wildman–Crippen LogP) is 1.39. The zero-order valence-electron chi connectivity index (χ0n) is 10.3. The maximum Gasteiger partial charge on any atom is 0.0812 e. The second-order valence-electron chi connectivity index (χ2n) is 4.53. The van der Waals surface area contributed by atoms with Gasteiger partial charge in [0, 0.05) is 25.3 Å². The van der Waals surface area contributed by atoms with E-state index in [0.717, 1.165) is 31.7 Å². The minimum atomic E-state index is 0.242. The standard InChI is InChI=1S/C12H22N4/c1-3-7-15-8-5-10(13)12(15)11-6-9-16(4-2)14-11/h6,9-10,12H,3-5,7-8,13H2,1-2H3. The van der Waals surface area contributed by atoms with Gasteiger partial charge in [-0.25, -0.2) is 0 Å². The van der Waals surface area contributed by atoms with Gasteiger partial charge in [0.15, 0.2) is 0 Å². The Kier molecular flexibility index (Phi) is 3.61. The van der Waals surface area contributed by atoms with Gasteiger partial charge in [-0.05, 0) is 32.4 Å². The van der Waals surface area contributed by atoms with Crippen LogP contribution in [0.2, 0.25) is 0 Å². The zero-order valence-corrected chi connectivity index (χ0v) is 10.3. The third-order valence-corrected chi connectivity index (χ3v) is 3.35. The number of nitrogens with zero attached hydrogens (tertiary/aromatic N) is 3. The number of rotatable bonds is 4. The molecule has 2 unspecified atom stereocenters. The van der Waals surface area contributed by atoms with E-state index >= 15 is 0 Å². The summed E-state index contributed by atoms with van der Waals surface area (Å²) in [5.74, 6) is 0. The Morgan fingerprint density at radius 3 is 2.94 bits per heavy atom. The highest BCUT2D eigenvalue weighted by Crippen LogP contribution is 2.29. The van der Waals surface area contributed by atoms with Gasteiger partial charge < -0.3 is 5.73 Å². The fraction of sp³-hybridized carbons (Fsp3) is 0.750. The first kappa shape index (κ1) is 11.6. The van der Waals surface area contributed by atoms with E-state index in [1.54, 1.807) is 0 Å². The molecular formula is C12H22N4. The SMILES string of the molecule is CCCN1CCC(N)C1c1ccn(CC)n1. The van der Waals surface area contributed by atoms with Crippen LogP contribution in [-0.2, 0) is 6.54 Å². The largest absolute Gasteiger partial charge is 0.326 e. The molecule has 1 aliphatic heterocycles. The molecule has 0 spiro atoms. The fourth-order valence-electron chi connectivity index (χ4n) is 2.54. The van der Waals surface area contributed by atoms with Gasteiger partial charge in [-0.15, -0.1) is 0 Å².